The van der Waals surface area contributed by atoms with Gasteiger partial charge in [-0.3, -0.25) is 9.69 Å². The molecule has 29 heavy (non-hydrogen) atoms. The Morgan fingerprint density at radius 3 is 2.55 bits per heavy atom. The molecule has 2 aromatic rings. The molecule has 5 heteroatoms. The average molecular weight is 392 g/mol. The number of aliphatic hydroxyl groups is 1. The van der Waals surface area contributed by atoms with Gasteiger partial charge >= 0.3 is 0 Å². The standard InChI is InChI=1S/C24H28N2O3/c1-29-20-9-5-6-17(12-20)13-26-21(14-27)22(18-7-3-2-4-8-18)24(26)15-25(16-24)23(28)19-10-11-19/h2-9,12,19,21-22,27H,10-11,13-16H2,1H3/t21-,22-/m0/s1. The van der Waals surface area contributed by atoms with E-state index in [2.05, 4.69) is 41.3 Å². The number of ether oxygens (including phenoxy) is 1. The predicted molar refractivity (Wildman–Crippen MR) is 111 cm³/mol. The number of rotatable bonds is 6. The number of likely N-dealkylation sites (tertiary alicyclic amines) is 2. The Labute approximate surface area is 171 Å². The third kappa shape index (κ3) is 3.04. The summed E-state index contributed by atoms with van der Waals surface area (Å²) >= 11 is 0. The molecule has 1 aliphatic carbocycles. The minimum atomic E-state index is -0.0949. The quantitative estimate of drug-likeness (QED) is 0.821. The lowest BCUT2D eigenvalue weighted by Gasteiger charge is -2.71. The number of amides is 1. The van der Waals surface area contributed by atoms with Crippen molar-refractivity contribution < 1.29 is 14.6 Å². The number of methoxy groups -OCH3 is 1. The first-order valence-corrected chi connectivity index (χ1v) is 10.5. The van der Waals surface area contributed by atoms with Crippen LogP contribution in [0.2, 0.25) is 0 Å². The highest BCUT2D eigenvalue weighted by atomic mass is 16.5. The fraction of sp³-hybridized carbons (Fsp3) is 0.458. The van der Waals surface area contributed by atoms with Crippen molar-refractivity contribution in [2.75, 3.05) is 26.8 Å². The number of carbonyl (C=O) groups is 1. The Kier molecular flexibility index (Phi) is 4.60. The van der Waals surface area contributed by atoms with Crippen LogP contribution >= 0.6 is 0 Å². The maximum absolute atomic E-state index is 12.6. The van der Waals surface area contributed by atoms with Crippen LogP contribution in [0.3, 0.4) is 0 Å². The number of hydrogen-bond acceptors (Lipinski definition) is 4. The van der Waals surface area contributed by atoms with Crippen LogP contribution in [0.5, 0.6) is 5.75 Å². The molecule has 5 nitrogen and oxygen atoms in total. The highest BCUT2D eigenvalue weighted by Gasteiger charge is 2.66. The van der Waals surface area contributed by atoms with E-state index in [1.54, 1.807) is 7.11 Å². The van der Waals surface area contributed by atoms with Gasteiger partial charge < -0.3 is 14.7 Å². The summed E-state index contributed by atoms with van der Waals surface area (Å²) in [5.74, 6) is 1.65. The molecule has 2 aromatic carbocycles. The van der Waals surface area contributed by atoms with Crippen LogP contribution in [0, 0.1) is 5.92 Å². The second kappa shape index (κ2) is 7.15. The van der Waals surface area contributed by atoms with Crippen LogP contribution in [-0.4, -0.2) is 59.2 Å². The molecule has 152 valence electrons. The lowest BCUT2D eigenvalue weighted by atomic mass is 9.60. The van der Waals surface area contributed by atoms with Crippen LogP contribution in [0.1, 0.15) is 29.9 Å². The van der Waals surface area contributed by atoms with Gasteiger partial charge in [0.05, 0.1) is 19.3 Å². The van der Waals surface area contributed by atoms with E-state index >= 15 is 0 Å². The minimum absolute atomic E-state index is 0.0572. The summed E-state index contributed by atoms with van der Waals surface area (Å²) in [6.45, 7) is 2.36. The predicted octanol–water partition coefficient (Wildman–Crippen LogP) is 2.65. The molecule has 3 aliphatic rings. The summed E-state index contributed by atoms with van der Waals surface area (Å²) < 4.78 is 5.38. The molecule has 2 heterocycles. The highest BCUT2D eigenvalue weighted by Crippen LogP contribution is 2.55. The lowest BCUT2D eigenvalue weighted by Crippen LogP contribution is -2.84. The molecule has 0 radical (unpaired) electrons. The second-order valence-corrected chi connectivity index (χ2v) is 8.69. The summed E-state index contributed by atoms with van der Waals surface area (Å²) in [4.78, 5) is 17.0. The van der Waals surface area contributed by atoms with Gasteiger partial charge in [0.2, 0.25) is 5.91 Å². The van der Waals surface area contributed by atoms with Crippen molar-refractivity contribution >= 4 is 5.91 Å². The highest BCUT2D eigenvalue weighted by molar-refractivity contribution is 5.82. The van der Waals surface area contributed by atoms with Gasteiger partial charge in [0.15, 0.2) is 0 Å². The van der Waals surface area contributed by atoms with E-state index in [4.69, 9.17) is 4.74 Å². The van der Waals surface area contributed by atoms with E-state index in [0.717, 1.165) is 38.2 Å². The van der Waals surface area contributed by atoms with E-state index in [9.17, 15) is 9.90 Å². The number of benzene rings is 2. The van der Waals surface area contributed by atoms with Gasteiger partial charge in [0.1, 0.15) is 5.75 Å². The monoisotopic (exact) mass is 392 g/mol. The molecule has 2 saturated heterocycles. The summed E-state index contributed by atoms with van der Waals surface area (Å²) in [6.07, 6.45) is 2.08. The zero-order valence-electron chi connectivity index (χ0n) is 16.8. The van der Waals surface area contributed by atoms with Crippen molar-refractivity contribution in [3.8, 4) is 5.75 Å². The molecular weight excluding hydrogens is 364 g/mol. The van der Waals surface area contributed by atoms with Gasteiger partial charge in [0, 0.05) is 37.5 Å². The van der Waals surface area contributed by atoms with Crippen molar-refractivity contribution in [1.29, 1.82) is 0 Å². The molecule has 1 saturated carbocycles. The first kappa shape index (κ1) is 18.6. The number of hydrogen-bond donors (Lipinski definition) is 1. The Hall–Kier alpha value is -2.37. The van der Waals surface area contributed by atoms with Crippen LogP contribution in [0.4, 0.5) is 0 Å². The van der Waals surface area contributed by atoms with Crippen LogP contribution in [-0.2, 0) is 11.3 Å². The van der Waals surface area contributed by atoms with Crippen LogP contribution in [0.15, 0.2) is 54.6 Å². The van der Waals surface area contributed by atoms with Crippen LogP contribution < -0.4 is 4.74 Å². The summed E-state index contributed by atoms with van der Waals surface area (Å²) in [5, 5.41) is 10.2. The molecule has 1 N–H and O–H groups in total. The first-order valence-electron chi connectivity index (χ1n) is 10.5. The van der Waals surface area contributed by atoms with Gasteiger partial charge in [-0.05, 0) is 36.1 Å². The molecule has 0 unspecified atom stereocenters. The van der Waals surface area contributed by atoms with E-state index in [1.807, 2.05) is 23.1 Å². The van der Waals surface area contributed by atoms with E-state index in [-0.39, 0.29) is 30.0 Å². The molecule has 3 fully saturated rings. The minimum Gasteiger partial charge on any atom is -0.497 e. The molecule has 1 spiro atoms. The fourth-order valence-electron chi connectivity index (χ4n) is 5.34. The van der Waals surface area contributed by atoms with Crippen molar-refractivity contribution in [1.82, 2.24) is 9.80 Å². The third-order valence-corrected chi connectivity index (χ3v) is 6.94. The second-order valence-electron chi connectivity index (χ2n) is 8.69. The Morgan fingerprint density at radius 2 is 1.90 bits per heavy atom. The SMILES string of the molecule is COc1cccc(CN2[C@@H](CO)[C@H](c3ccccc3)C23CN(C(=O)C2CC2)C3)c1. The molecular formula is C24H28N2O3. The van der Waals surface area contributed by atoms with Crippen molar-refractivity contribution in [2.45, 2.75) is 36.9 Å². The van der Waals surface area contributed by atoms with Crippen molar-refractivity contribution in [2.24, 2.45) is 5.92 Å². The average Bonchev–Trinajstić information content (AvgIpc) is 3.56. The first-order chi connectivity index (χ1) is 14.2. The lowest BCUT2D eigenvalue weighted by molar-refractivity contribution is -0.200. The maximum atomic E-state index is 12.6. The molecule has 5 rings (SSSR count). The Morgan fingerprint density at radius 1 is 1.14 bits per heavy atom. The Balaban J connectivity index is 1.43. The smallest absolute Gasteiger partial charge is 0.225 e. The van der Waals surface area contributed by atoms with Gasteiger partial charge in [0.25, 0.3) is 0 Å². The summed E-state index contributed by atoms with van der Waals surface area (Å²) in [6, 6.07) is 18.6. The van der Waals surface area contributed by atoms with E-state index < -0.39 is 0 Å². The van der Waals surface area contributed by atoms with Gasteiger partial charge in [-0.1, -0.05) is 42.5 Å². The third-order valence-electron chi connectivity index (χ3n) is 6.94. The number of carbonyl (C=O) groups excluding carboxylic acids is 1. The fourth-order valence-corrected chi connectivity index (χ4v) is 5.34. The van der Waals surface area contributed by atoms with Crippen molar-refractivity contribution in [3.63, 3.8) is 0 Å². The largest absolute Gasteiger partial charge is 0.497 e. The van der Waals surface area contributed by atoms with Gasteiger partial charge in [-0.2, -0.15) is 0 Å². The molecule has 0 aromatic heterocycles. The zero-order chi connectivity index (χ0) is 20.0. The van der Waals surface area contributed by atoms with E-state index in [0.29, 0.717) is 5.91 Å². The molecule has 1 amide bonds. The van der Waals surface area contributed by atoms with Crippen molar-refractivity contribution in [3.05, 3.63) is 65.7 Å². The zero-order valence-corrected chi connectivity index (χ0v) is 16.8. The normalized spacial score (nSPS) is 25.4. The molecule has 2 atom stereocenters. The number of nitrogens with zero attached hydrogens (tertiary/aromatic N) is 2. The Bertz CT molecular complexity index is 890. The topological polar surface area (TPSA) is 53.0 Å². The summed E-state index contributed by atoms with van der Waals surface area (Å²) in [5.41, 5.74) is 2.33. The molecule has 0 bridgehead atoms. The van der Waals surface area contributed by atoms with E-state index in [1.165, 1.54) is 11.1 Å². The van der Waals surface area contributed by atoms with Gasteiger partial charge in [-0.25, -0.2) is 0 Å². The number of aliphatic hydroxyl groups excluding tert-OH is 1. The molecule has 2 aliphatic heterocycles. The summed E-state index contributed by atoms with van der Waals surface area (Å²) in [7, 11) is 1.68. The van der Waals surface area contributed by atoms with Crippen LogP contribution in [0.25, 0.3) is 0 Å². The van der Waals surface area contributed by atoms with Gasteiger partial charge in [-0.15, -0.1) is 0 Å². The maximum Gasteiger partial charge on any atom is 0.225 e.